The molecule has 2 atom stereocenters. The molecule has 0 saturated heterocycles. The average molecular weight is 215 g/mol. The Hall–Kier alpha value is -0.120. The number of rotatable bonds is 5. The molecule has 2 unspecified atom stereocenters. The van der Waals surface area contributed by atoms with Crippen LogP contribution in [-0.4, -0.2) is 38.5 Å². The molecule has 3 heteroatoms. The molecule has 1 aliphatic rings. The zero-order valence-electron chi connectivity index (χ0n) is 10.5. The first-order valence-electron chi connectivity index (χ1n) is 5.92. The number of ether oxygens (including phenoxy) is 2. The second-order valence-electron chi connectivity index (χ2n) is 5.05. The summed E-state index contributed by atoms with van der Waals surface area (Å²) >= 11 is 0. The predicted molar refractivity (Wildman–Crippen MR) is 62.1 cm³/mol. The minimum atomic E-state index is -0.0744. The van der Waals surface area contributed by atoms with E-state index in [1.165, 1.54) is 19.3 Å². The second-order valence-corrected chi connectivity index (χ2v) is 5.05. The van der Waals surface area contributed by atoms with Gasteiger partial charge < -0.3 is 14.8 Å². The van der Waals surface area contributed by atoms with Gasteiger partial charge in [0.05, 0.1) is 17.8 Å². The maximum atomic E-state index is 6.11. The molecule has 1 N–H and O–H groups in total. The summed E-state index contributed by atoms with van der Waals surface area (Å²) in [4.78, 5) is 0. The fourth-order valence-corrected chi connectivity index (χ4v) is 2.34. The molecule has 3 nitrogen and oxygen atoms in total. The highest BCUT2D eigenvalue weighted by Gasteiger charge is 2.28. The zero-order chi connectivity index (χ0) is 11.3. The van der Waals surface area contributed by atoms with Crippen molar-refractivity contribution >= 4 is 0 Å². The third kappa shape index (κ3) is 4.49. The third-order valence-corrected chi connectivity index (χ3v) is 3.00. The predicted octanol–water partition coefficient (Wildman–Crippen LogP) is 1.96. The van der Waals surface area contributed by atoms with Crippen molar-refractivity contribution in [3.05, 3.63) is 0 Å². The van der Waals surface area contributed by atoms with E-state index in [2.05, 4.69) is 19.2 Å². The molecule has 0 radical (unpaired) electrons. The Balaban J connectivity index is 2.36. The van der Waals surface area contributed by atoms with E-state index in [-0.39, 0.29) is 5.60 Å². The lowest BCUT2D eigenvalue weighted by molar-refractivity contribution is -0.104. The molecule has 0 bridgehead atoms. The molecule has 0 heterocycles. The van der Waals surface area contributed by atoms with Crippen molar-refractivity contribution in [3.63, 3.8) is 0 Å². The van der Waals surface area contributed by atoms with Gasteiger partial charge >= 0.3 is 0 Å². The van der Waals surface area contributed by atoms with E-state index >= 15 is 0 Å². The van der Waals surface area contributed by atoms with Gasteiger partial charge in [-0.05, 0) is 46.6 Å². The third-order valence-electron chi connectivity index (χ3n) is 3.00. The highest BCUT2D eigenvalue weighted by molar-refractivity contribution is 4.79. The maximum absolute atomic E-state index is 6.11. The summed E-state index contributed by atoms with van der Waals surface area (Å²) in [6.45, 7) is 5.17. The number of nitrogens with one attached hydrogen (secondary N) is 1. The van der Waals surface area contributed by atoms with Crippen molar-refractivity contribution in [2.45, 2.75) is 57.3 Å². The van der Waals surface area contributed by atoms with Gasteiger partial charge in [-0.1, -0.05) is 0 Å². The first-order chi connectivity index (χ1) is 7.07. The minimum absolute atomic E-state index is 0.0744. The Kier molecular flexibility index (Phi) is 5.03. The Labute approximate surface area is 93.5 Å². The van der Waals surface area contributed by atoms with E-state index in [9.17, 15) is 0 Å². The lowest BCUT2D eigenvalue weighted by Crippen LogP contribution is -2.41. The summed E-state index contributed by atoms with van der Waals surface area (Å²) in [5.74, 6) is 0. The molecule has 0 amide bonds. The molecule has 1 fully saturated rings. The molecule has 0 aromatic rings. The van der Waals surface area contributed by atoms with Gasteiger partial charge in [0.25, 0.3) is 0 Å². The molecular formula is C12H25NO2. The fraction of sp³-hybridized carbons (Fsp3) is 1.00. The molecule has 0 aromatic heterocycles. The summed E-state index contributed by atoms with van der Waals surface area (Å²) in [7, 11) is 3.76. The monoisotopic (exact) mass is 215 g/mol. The Bertz CT molecular complexity index is 182. The summed E-state index contributed by atoms with van der Waals surface area (Å²) in [6.07, 6.45) is 5.39. The van der Waals surface area contributed by atoms with Gasteiger partial charge in [0.15, 0.2) is 0 Å². The van der Waals surface area contributed by atoms with Crippen LogP contribution < -0.4 is 5.32 Å². The van der Waals surface area contributed by atoms with Crippen LogP contribution in [0.2, 0.25) is 0 Å². The number of likely N-dealkylation sites (N-methyl/N-ethyl adjacent to an activating group) is 1. The lowest BCUT2D eigenvalue weighted by Gasteiger charge is -2.35. The van der Waals surface area contributed by atoms with Crippen molar-refractivity contribution < 1.29 is 9.47 Å². The standard InChI is InChI=1S/C12H25NO2/c1-12(2,9-13-3)15-11-7-5-6-10(8-11)14-4/h10-11,13H,5-9H2,1-4H3. The maximum Gasteiger partial charge on any atom is 0.0753 e. The first kappa shape index (κ1) is 12.9. The van der Waals surface area contributed by atoms with Crippen molar-refractivity contribution in [1.82, 2.24) is 5.32 Å². The van der Waals surface area contributed by atoms with Crippen LogP contribution in [-0.2, 0) is 9.47 Å². The van der Waals surface area contributed by atoms with Crippen LogP contribution in [0.1, 0.15) is 39.5 Å². The number of hydrogen-bond donors (Lipinski definition) is 1. The molecule has 90 valence electrons. The molecule has 0 aromatic carbocycles. The van der Waals surface area contributed by atoms with Crippen LogP contribution in [0, 0.1) is 0 Å². The Morgan fingerprint density at radius 3 is 2.53 bits per heavy atom. The quantitative estimate of drug-likeness (QED) is 0.760. The molecule has 1 aliphatic carbocycles. The largest absolute Gasteiger partial charge is 0.381 e. The summed E-state index contributed by atoms with van der Waals surface area (Å²) in [6, 6.07) is 0. The van der Waals surface area contributed by atoms with E-state index in [0.717, 1.165) is 13.0 Å². The van der Waals surface area contributed by atoms with Gasteiger partial charge in [-0.25, -0.2) is 0 Å². The van der Waals surface area contributed by atoms with Crippen molar-refractivity contribution in [3.8, 4) is 0 Å². The Morgan fingerprint density at radius 1 is 1.27 bits per heavy atom. The molecule has 15 heavy (non-hydrogen) atoms. The molecule has 0 spiro atoms. The highest BCUT2D eigenvalue weighted by Crippen LogP contribution is 2.26. The topological polar surface area (TPSA) is 30.5 Å². The fourth-order valence-electron chi connectivity index (χ4n) is 2.34. The molecule has 1 saturated carbocycles. The van der Waals surface area contributed by atoms with Gasteiger partial charge in [0.1, 0.15) is 0 Å². The van der Waals surface area contributed by atoms with Crippen molar-refractivity contribution in [2.24, 2.45) is 0 Å². The Morgan fingerprint density at radius 2 is 1.93 bits per heavy atom. The van der Waals surface area contributed by atoms with Crippen LogP contribution in [0.3, 0.4) is 0 Å². The van der Waals surface area contributed by atoms with E-state index in [1.54, 1.807) is 7.11 Å². The van der Waals surface area contributed by atoms with Gasteiger partial charge in [-0.3, -0.25) is 0 Å². The van der Waals surface area contributed by atoms with Crippen LogP contribution in [0.15, 0.2) is 0 Å². The van der Waals surface area contributed by atoms with E-state index < -0.39 is 0 Å². The summed E-state index contributed by atoms with van der Waals surface area (Å²) in [5.41, 5.74) is -0.0744. The zero-order valence-corrected chi connectivity index (χ0v) is 10.5. The van der Waals surface area contributed by atoms with Crippen LogP contribution >= 0.6 is 0 Å². The van der Waals surface area contributed by atoms with Crippen molar-refractivity contribution in [1.29, 1.82) is 0 Å². The van der Waals surface area contributed by atoms with E-state index in [1.807, 2.05) is 7.05 Å². The van der Waals surface area contributed by atoms with E-state index in [4.69, 9.17) is 9.47 Å². The van der Waals surface area contributed by atoms with Gasteiger partial charge in [-0.2, -0.15) is 0 Å². The smallest absolute Gasteiger partial charge is 0.0753 e. The van der Waals surface area contributed by atoms with Gasteiger partial charge in [-0.15, -0.1) is 0 Å². The van der Waals surface area contributed by atoms with Crippen LogP contribution in [0.5, 0.6) is 0 Å². The first-order valence-corrected chi connectivity index (χ1v) is 5.92. The molecule has 0 aliphatic heterocycles. The summed E-state index contributed by atoms with van der Waals surface area (Å²) < 4.78 is 11.5. The number of methoxy groups -OCH3 is 1. The number of hydrogen-bond acceptors (Lipinski definition) is 3. The normalized spacial score (nSPS) is 28.0. The summed E-state index contributed by atoms with van der Waals surface area (Å²) in [5, 5.41) is 3.17. The second kappa shape index (κ2) is 5.83. The average Bonchev–Trinajstić information content (AvgIpc) is 2.17. The SMILES string of the molecule is CNCC(C)(C)OC1CCCC(OC)C1. The van der Waals surface area contributed by atoms with Crippen LogP contribution in [0.25, 0.3) is 0 Å². The van der Waals surface area contributed by atoms with E-state index in [0.29, 0.717) is 12.2 Å². The molecular weight excluding hydrogens is 190 g/mol. The van der Waals surface area contributed by atoms with Crippen LogP contribution in [0.4, 0.5) is 0 Å². The van der Waals surface area contributed by atoms with Gasteiger partial charge in [0, 0.05) is 13.7 Å². The lowest BCUT2D eigenvalue weighted by atomic mass is 9.94. The van der Waals surface area contributed by atoms with Gasteiger partial charge in [0.2, 0.25) is 0 Å². The minimum Gasteiger partial charge on any atom is -0.381 e. The highest BCUT2D eigenvalue weighted by atomic mass is 16.5. The van der Waals surface area contributed by atoms with Crippen molar-refractivity contribution in [2.75, 3.05) is 20.7 Å². The molecule has 1 rings (SSSR count).